The molecule has 1 fully saturated rings. The van der Waals surface area contributed by atoms with E-state index in [0.29, 0.717) is 0 Å². The molecule has 25 heavy (non-hydrogen) atoms. The van der Waals surface area contributed by atoms with Gasteiger partial charge in [-0.15, -0.1) is 0 Å². The molecule has 0 radical (unpaired) electrons. The number of rotatable bonds is 0. The number of hydrazone groups is 1. The van der Waals surface area contributed by atoms with Crippen molar-refractivity contribution in [3.8, 4) is 0 Å². The highest BCUT2D eigenvalue weighted by Gasteiger charge is 2.72. The number of nitrogens with zero attached hydrogens (tertiary/aromatic N) is 2. The molecule has 0 N–H and O–H groups in total. The molecule has 3 heterocycles. The van der Waals surface area contributed by atoms with Crippen LogP contribution < -0.4 is 0 Å². The highest BCUT2D eigenvalue weighted by molar-refractivity contribution is 7.01. The smallest absolute Gasteiger partial charge is 0.202 e. The van der Waals surface area contributed by atoms with E-state index in [0.717, 1.165) is 12.8 Å². The van der Waals surface area contributed by atoms with Gasteiger partial charge in [-0.25, -0.2) is 0 Å². The highest BCUT2D eigenvalue weighted by Crippen LogP contribution is 2.65. The van der Waals surface area contributed by atoms with E-state index in [1.54, 1.807) is 0 Å². The van der Waals surface area contributed by atoms with Crippen molar-refractivity contribution in [3.63, 3.8) is 0 Å². The Bertz CT molecular complexity index is 650. The largest absolute Gasteiger partial charge is 0.473 e. The van der Waals surface area contributed by atoms with Gasteiger partial charge in [0, 0.05) is 21.3 Å². The standard InChI is InChI=1S/C19H36N2O2Si2/c1-14-11-18(6)13-19(25(9,10)23-16(18)22-12-14)15(2)20-21(17(3,4)5)24(19,7)8/h12,16H,11,13H2,1-10H3. The number of allylic oxidation sites excluding steroid dienone is 1. The molecule has 4 nitrogen and oxygen atoms in total. The maximum Gasteiger partial charge on any atom is 0.202 e. The summed E-state index contributed by atoms with van der Waals surface area (Å²) < 4.78 is 15.5. The molecule has 0 aliphatic carbocycles. The second kappa shape index (κ2) is 5.23. The third-order valence-corrected chi connectivity index (χ3v) is 18.3. The normalized spacial score (nSPS) is 39.6. The minimum Gasteiger partial charge on any atom is -0.473 e. The molecule has 0 amide bonds. The van der Waals surface area contributed by atoms with Gasteiger partial charge in [-0.2, -0.15) is 5.10 Å². The van der Waals surface area contributed by atoms with Gasteiger partial charge in [0.1, 0.15) is 0 Å². The van der Waals surface area contributed by atoms with Crippen LogP contribution in [0, 0.1) is 5.41 Å². The Morgan fingerprint density at radius 2 is 1.80 bits per heavy atom. The zero-order valence-electron chi connectivity index (χ0n) is 17.8. The molecular formula is C19H36N2O2Si2. The first-order valence-electron chi connectivity index (χ1n) is 9.52. The zero-order chi connectivity index (χ0) is 19.1. The third-order valence-electron chi connectivity index (χ3n) is 6.82. The predicted molar refractivity (Wildman–Crippen MR) is 109 cm³/mol. The summed E-state index contributed by atoms with van der Waals surface area (Å²) in [6, 6.07) is 0. The van der Waals surface area contributed by atoms with Crippen LogP contribution in [-0.4, -0.2) is 38.8 Å². The van der Waals surface area contributed by atoms with Crippen LogP contribution in [0.25, 0.3) is 0 Å². The lowest BCUT2D eigenvalue weighted by molar-refractivity contribution is -0.151. The van der Waals surface area contributed by atoms with Crippen molar-refractivity contribution in [2.24, 2.45) is 10.5 Å². The van der Waals surface area contributed by atoms with E-state index < -0.39 is 16.6 Å². The Kier molecular flexibility index (Phi) is 4.01. The first-order valence-corrected chi connectivity index (χ1v) is 15.4. The lowest BCUT2D eigenvalue weighted by Gasteiger charge is -2.61. The first-order chi connectivity index (χ1) is 11.2. The summed E-state index contributed by atoms with van der Waals surface area (Å²) in [6.45, 7) is 23.4. The number of hydrogen-bond donors (Lipinski definition) is 0. The Hall–Kier alpha value is -0.596. The molecule has 3 aliphatic rings. The molecule has 3 rings (SSSR count). The van der Waals surface area contributed by atoms with Crippen LogP contribution in [-0.2, 0) is 9.16 Å². The molecule has 142 valence electrons. The quantitative estimate of drug-likeness (QED) is 0.539. The van der Waals surface area contributed by atoms with Crippen LogP contribution in [0.1, 0.15) is 54.4 Å². The topological polar surface area (TPSA) is 34.1 Å². The van der Waals surface area contributed by atoms with E-state index in [1.165, 1.54) is 11.3 Å². The zero-order valence-corrected chi connectivity index (χ0v) is 19.8. The van der Waals surface area contributed by atoms with Gasteiger partial charge in [-0.1, -0.05) is 6.92 Å². The van der Waals surface area contributed by atoms with E-state index in [9.17, 15) is 0 Å². The SMILES string of the molecule is CC1=COC2O[Si](C)(C)C3(CC2(C)C1)C(C)=NN(C(C)(C)C)[Si]3(C)C. The molecular weight excluding hydrogens is 344 g/mol. The predicted octanol–water partition coefficient (Wildman–Crippen LogP) is 5.24. The second-order valence-corrected chi connectivity index (χ2v) is 19.7. The van der Waals surface area contributed by atoms with Gasteiger partial charge < -0.3 is 13.8 Å². The Morgan fingerprint density at radius 3 is 2.32 bits per heavy atom. The van der Waals surface area contributed by atoms with Crippen LogP contribution in [0.2, 0.25) is 30.8 Å². The third kappa shape index (κ3) is 2.43. The highest BCUT2D eigenvalue weighted by atomic mass is 28.4. The average Bonchev–Trinajstić information content (AvgIpc) is 2.62. The second-order valence-electron chi connectivity index (χ2n) is 10.7. The molecule has 3 atom stereocenters. The maximum absolute atomic E-state index is 6.83. The summed E-state index contributed by atoms with van der Waals surface area (Å²) in [6.07, 6.45) is 3.99. The summed E-state index contributed by atoms with van der Waals surface area (Å²) in [4.78, 5) is 0. The van der Waals surface area contributed by atoms with Crippen LogP contribution in [0.4, 0.5) is 0 Å². The lowest BCUT2D eigenvalue weighted by atomic mass is 9.77. The van der Waals surface area contributed by atoms with E-state index in [1.807, 2.05) is 6.26 Å². The van der Waals surface area contributed by atoms with Gasteiger partial charge >= 0.3 is 0 Å². The van der Waals surface area contributed by atoms with Crippen molar-refractivity contribution in [2.75, 3.05) is 0 Å². The van der Waals surface area contributed by atoms with Gasteiger partial charge in [0.05, 0.1) is 6.26 Å². The van der Waals surface area contributed by atoms with Gasteiger partial charge in [-0.3, -0.25) is 0 Å². The summed E-state index contributed by atoms with van der Waals surface area (Å²) >= 11 is 0. The van der Waals surface area contributed by atoms with Crippen molar-refractivity contribution in [1.82, 2.24) is 4.67 Å². The van der Waals surface area contributed by atoms with Crippen LogP contribution in [0.3, 0.4) is 0 Å². The molecule has 0 aromatic carbocycles. The van der Waals surface area contributed by atoms with Crippen molar-refractivity contribution < 1.29 is 9.16 Å². The van der Waals surface area contributed by atoms with Crippen molar-refractivity contribution in [2.45, 2.75) is 97.1 Å². The summed E-state index contributed by atoms with van der Waals surface area (Å²) in [5, 5.41) is 5.18. The molecule has 1 saturated heterocycles. The molecule has 0 aromatic rings. The monoisotopic (exact) mass is 380 g/mol. The molecule has 6 heteroatoms. The van der Waals surface area contributed by atoms with E-state index in [2.05, 4.69) is 72.4 Å². The van der Waals surface area contributed by atoms with Gasteiger partial charge in [0.2, 0.25) is 8.32 Å². The van der Waals surface area contributed by atoms with Crippen LogP contribution >= 0.6 is 0 Å². The van der Waals surface area contributed by atoms with Crippen molar-refractivity contribution >= 4 is 22.3 Å². The molecule has 1 spiro atoms. The molecule has 3 aliphatic heterocycles. The maximum atomic E-state index is 6.83. The Balaban J connectivity index is 2.14. The van der Waals surface area contributed by atoms with Gasteiger partial charge in [-0.05, 0) is 79.2 Å². The summed E-state index contributed by atoms with van der Waals surface area (Å²) in [5.41, 5.74) is 2.69. The number of fused-ring (bicyclic) bond motifs is 1. The molecule has 0 bridgehead atoms. The fourth-order valence-corrected chi connectivity index (χ4v) is 19.5. The minimum absolute atomic E-state index is 0.0241. The van der Waals surface area contributed by atoms with E-state index >= 15 is 0 Å². The van der Waals surface area contributed by atoms with Crippen LogP contribution in [0.15, 0.2) is 16.9 Å². The summed E-state index contributed by atoms with van der Waals surface area (Å²) in [7, 11) is -3.98. The Labute approximate surface area is 155 Å². The molecule has 0 saturated carbocycles. The minimum atomic E-state index is -2.07. The van der Waals surface area contributed by atoms with Gasteiger partial charge in [0.25, 0.3) is 0 Å². The lowest BCUT2D eigenvalue weighted by Crippen LogP contribution is -2.72. The fourth-order valence-electron chi connectivity index (χ4n) is 6.10. The number of hydrogen-bond acceptors (Lipinski definition) is 4. The van der Waals surface area contributed by atoms with Crippen molar-refractivity contribution in [1.29, 1.82) is 0 Å². The van der Waals surface area contributed by atoms with E-state index in [-0.39, 0.29) is 21.9 Å². The molecule has 0 aromatic heterocycles. The van der Waals surface area contributed by atoms with E-state index in [4.69, 9.17) is 14.3 Å². The average molecular weight is 381 g/mol. The van der Waals surface area contributed by atoms with Gasteiger partial charge in [0.15, 0.2) is 14.5 Å². The Morgan fingerprint density at radius 1 is 1.20 bits per heavy atom. The van der Waals surface area contributed by atoms with Crippen LogP contribution in [0.5, 0.6) is 0 Å². The fraction of sp³-hybridized carbons (Fsp3) is 0.842. The molecule has 3 unspecified atom stereocenters. The first kappa shape index (κ1) is 19.2. The van der Waals surface area contributed by atoms with Crippen molar-refractivity contribution in [3.05, 3.63) is 11.8 Å². The number of ether oxygens (including phenoxy) is 1. The summed E-state index contributed by atoms with van der Waals surface area (Å²) in [5.74, 6) is 0.